The third-order valence-corrected chi connectivity index (χ3v) is 4.64. The zero-order chi connectivity index (χ0) is 10.1. The molecule has 0 aromatic carbocycles. The number of piperidine rings is 1. The maximum atomic E-state index is 3.59. The van der Waals surface area contributed by atoms with Gasteiger partial charge in [-0.3, -0.25) is 0 Å². The lowest BCUT2D eigenvalue weighted by atomic mass is 10.0. The average molecular weight is 208 g/mol. The standard InChI is InChI=1S/C7H13N.C6H11N/c1-2-6-4-5-7(3-1)8-6;1-2-6-4-3-5(1)7-6/h6-8H,1-5H2;5-7H,1-4H2. The second kappa shape index (κ2) is 4.42. The monoisotopic (exact) mass is 208 g/mol. The lowest BCUT2D eigenvalue weighted by molar-refractivity contribution is 0.406. The lowest BCUT2D eigenvalue weighted by Gasteiger charge is -2.19. The number of hydrogen-bond donors (Lipinski definition) is 2. The van der Waals surface area contributed by atoms with Gasteiger partial charge >= 0.3 is 0 Å². The minimum atomic E-state index is 0.911. The third kappa shape index (κ3) is 2.36. The zero-order valence-corrected chi connectivity index (χ0v) is 9.67. The number of hydrogen-bond acceptors (Lipinski definition) is 2. The average Bonchev–Trinajstić information content (AvgIpc) is 2.97. The molecule has 4 heterocycles. The smallest absolute Gasteiger partial charge is 0.00708 e. The number of fused-ring (bicyclic) bond motifs is 4. The summed E-state index contributed by atoms with van der Waals surface area (Å²) >= 11 is 0. The quantitative estimate of drug-likeness (QED) is 0.637. The van der Waals surface area contributed by atoms with E-state index in [2.05, 4.69) is 10.6 Å². The molecule has 86 valence electrons. The highest BCUT2D eigenvalue weighted by Crippen LogP contribution is 2.27. The largest absolute Gasteiger partial charge is 0.311 e. The fourth-order valence-electron chi connectivity index (χ4n) is 3.73. The SMILES string of the molecule is C1CC2CCC(C1)N2.C1CC2CCC1N2. The Morgan fingerprint density at radius 3 is 1.07 bits per heavy atom. The molecular weight excluding hydrogens is 184 g/mol. The first-order valence-corrected chi connectivity index (χ1v) is 6.92. The van der Waals surface area contributed by atoms with E-state index < -0.39 is 0 Å². The van der Waals surface area contributed by atoms with E-state index in [9.17, 15) is 0 Å². The maximum absolute atomic E-state index is 3.59. The van der Waals surface area contributed by atoms with Gasteiger partial charge in [0.2, 0.25) is 0 Å². The van der Waals surface area contributed by atoms with Crippen LogP contribution < -0.4 is 10.6 Å². The molecule has 4 bridgehead atoms. The van der Waals surface area contributed by atoms with Gasteiger partial charge < -0.3 is 10.6 Å². The summed E-state index contributed by atoms with van der Waals surface area (Å²) in [7, 11) is 0. The van der Waals surface area contributed by atoms with Gasteiger partial charge in [0, 0.05) is 24.2 Å². The minimum Gasteiger partial charge on any atom is -0.311 e. The fourth-order valence-corrected chi connectivity index (χ4v) is 3.73. The molecule has 4 aliphatic heterocycles. The van der Waals surface area contributed by atoms with Crippen molar-refractivity contribution in [1.82, 2.24) is 10.6 Å². The van der Waals surface area contributed by atoms with E-state index in [4.69, 9.17) is 0 Å². The summed E-state index contributed by atoms with van der Waals surface area (Å²) in [4.78, 5) is 0. The number of rotatable bonds is 0. The van der Waals surface area contributed by atoms with Gasteiger partial charge in [0.1, 0.15) is 0 Å². The van der Waals surface area contributed by atoms with Crippen molar-refractivity contribution in [3.05, 3.63) is 0 Å². The van der Waals surface area contributed by atoms with Crippen LogP contribution in [0.2, 0.25) is 0 Å². The first-order chi connectivity index (χ1) is 7.40. The summed E-state index contributed by atoms with van der Waals surface area (Å²) in [5.41, 5.74) is 0. The molecule has 2 unspecified atom stereocenters. The zero-order valence-electron chi connectivity index (χ0n) is 9.67. The molecule has 0 saturated carbocycles. The molecule has 0 aromatic heterocycles. The van der Waals surface area contributed by atoms with Gasteiger partial charge in [-0.25, -0.2) is 0 Å². The third-order valence-electron chi connectivity index (χ3n) is 4.64. The van der Waals surface area contributed by atoms with Crippen LogP contribution in [0.5, 0.6) is 0 Å². The second-order valence-electron chi connectivity index (χ2n) is 5.78. The molecule has 0 aromatic rings. The first kappa shape index (κ1) is 10.1. The van der Waals surface area contributed by atoms with Gasteiger partial charge in [-0.1, -0.05) is 6.42 Å². The van der Waals surface area contributed by atoms with Crippen molar-refractivity contribution in [3.63, 3.8) is 0 Å². The summed E-state index contributed by atoms with van der Waals surface area (Å²) in [5.74, 6) is 0. The second-order valence-corrected chi connectivity index (χ2v) is 5.78. The highest BCUT2D eigenvalue weighted by molar-refractivity contribution is 4.90. The molecule has 2 N–H and O–H groups in total. The Kier molecular flexibility index (Phi) is 2.98. The van der Waals surface area contributed by atoms with Gasteiger partial charge in [-0.05, 0) is 51.4 Å². The van der Waals surface area contributed by atoms with Crippen LogP contribution in [0.15, 0.2) is 0 Å². The van der Waals surface area contributed by atoms with E-state index in [1.165, 1.54) is 57.8 Å². The summed E-state index contributed by atoms with van der Waals surface area (Å²) in [6.07, 6.45) is 13.1. The maximum Gasteiger partial charge on any atom is 0.00708 e. The van der Waals surface area contributed by atoms with Crippen LogP contribution in [-0.4, -0.2) is 24.2 Å². The van der Waals surface area contributed by atoms with E-state index in [1.807, 2.05) is 0 Å². The summed E-state index contributed by atoms with van der Waals surface area (Å²) in [6.45, 7) is 0. The first-order valence-electron chi connectivity index (χ1n) is 6.92. The molecule has 0 spiro atoms. The van der Waals surface area contributed by atoms with Crippen molar-refractivity contribution in [3.8, 4) is 0 Å². The topological polar surface area (TPSA) is 24.1 Å². The van der Waals surface area contributed by atoms with Gasteiger partial charge in [-0.2, -0.15) is 0 Å². The summed E-state index contributed by atoms with van der Waals surface area (Å²) in [5, 5.41) is 7.12. The molecule has 2 atom stereocenters. The molecular formula is C13H24N2. The Hall–Kier alpha value is -0.0800. The van der Waals surface area contributed by atoms with Crippen molar-refractivity contribution in [1.29, 1.82) is 0 Å². The predicted molar refractivity (Wildman–Crippen MR) is 63.0 cm³/mol. The van der Waals surface area contributed by atoms with E-state index in [0.29, 0.717) is 0 Å². The fraction of sp³-hybridized carbons (Fsp3) is 1.00. The minimum absolute atomic E-state index is 0.911. The van der Waals surface area contributed by atoms with E-state index in [0.717, 1.165) is 24.2 Å². The van der Waals surface area contributed by atoms with E-state index >= 15 is 0 Å². The Labute approximate surface area is 93.2 Å². The molecule has 4 saturated heterocycles. The van der Waals surface area contributed by atoms with Gasteiger partial charge in [-0.15, -0.1) is 0 Å². The highest BCUT2D eigenvalue weighted by Gasteiger charge is 2.29. The van der Waals surface area contributed by atoms with Crippen molar-refractivity contribution in [2.45, 2.75) is 82.0 Å². The molecule has 4 fully saturated rings. The lowest BCUT2D eigenvalue weighted by Crippen LogP contribution is -2.33. The van der Waals surface area contributed by atoms with Crippen LogP contribution >= 0.6 is 0 Å². The van der Waals surface area contributed by atoms with Crippen molar-refractivity contribution in [2.24, 2.45) is 0 Å². The van der Waals surface area contributed by atoms with Gasteiger partial charge in [0.25, 0.3) is 0 Å². The van der Waals surface area contributed by atoms with Gasteiger partial charge in [0.05, 0.1) is 0 Å². The molecule has 4 aliphatic rings. The van der Waals surface area contributed by atoms with Gasteiger partial charge in [0.15, 0.2) is 0 Å². The molecule has 0 amide bonds. The molecule has 0 radical (unpaired) electrons. The highest BCUT2D eigenvalue weighted by atomic mass is 15.0. The predicted octanol–water partition coefficient (Wildman–Crippen LogP) is 2.19. The van der Waals surface area contributed by atoms with Crippen molar-refractivity contribution in [2.75, 3.05) is 0 Å². The van der Waals surface area contributed by atoms with Crippen LogP contribution in [-0.2, 0) is 0 Å². The van der Waals surface area contributed by atoms with E-state index in [1.54, 1.807) is 0 Å². The van der Waals surface area contributed by atoms with Crippen LogP contribution in [0, 0.1) is 0 Å². The molecule has 2 nitrogen and oxygen atoms in total. The molecule has 2 heteroatoms. The van der Waals surface area contributed by atoms with E-state index in [-0.39, 0.29) is 0 Å². The molecule has 15 heavy (non-hydrogen) atoms. The number of nitrogens with one attached hydrogen (secondary N) is 2. The Bertz CT molecular complexity index is 185. The van der Waals surface area contributed by atoms with Crippen LogP contribution in [0.1, 0.15) is 57.8 Å². The Morgan fingerprint density at radius 1 is 0.467 bits per heavy atom. The molecule has 4 rings (SSSR count). The normalized spacial score (nSPS) is 46.4. The van der Waals surface area contributed by atoms with Crippen molar-refractivity contribution >= 4 is 0 Å². The van der Waals surface area contributed by atoms with Crippen LogP contribution in [0.25, 0.3) is 0 Å². The summed E-state index contributed by atoms with van der Waals surface area (Å²) < 4.78 is 0. The van der Waals surface area contributed by atoms with Crippen LogP contribution in [0.3, 0.4) is 0 Å². The summed E-state index contributed by atoms with van der Waals surface area (Å²) in [6, 6.07) is 3.66. The van der Waals surface area contributed by atoms with Crippen molar-refractivity contribution < 1.29 is 0 Å². The Morgan fingerprint density at radius 2 is 0.800 bits per heavy atom. The molecule has 0 aliphatic carbocycles. The Balaban J connectivity index is 0.0000000971. The van der Waals surface area contributed by atoms with Crippen LogP contribution in [0.4, 0.5) is 0 Å².